The summed E-state index contributed by atoms with van der Waals surface area (Å²) in [6, 6.07) is 1.60. The lowest BCUT2D eigenvalue weighted by molar-refractivity contribution is -0.129. The minimum Gasteiger partial charge on any atom is -0.472 e. The van der Waals surface area contributed by atoms with E-state index >= 15 is 0 Å². The summed E-state index contributed by atoms with van der Waals surface area (Å²) >= 11 is 0. The molecule has 1 N–H and O–H groups in total. The Bertz CT molecular complexity index is 843. The van der Waals surface area contributed by atoms with E-state index in [9.17, 15) is 18.0 Å². The molecule has 1 saturated heterocycles. The highest BCUT2D eigenvalue weighted by Gasteiger charge is 2.56. The summed E-state index contributed by atoms with van der Waals surface area (Å²) in [4.78, 5) is 25.8. The zero-order valence-electron chi connectivity index (χ0n) is 16.6. The van der Waals surface area contributed by atoms with Crippen LogP contribution in [0.5, 0.6) is 0 Å². The molecule has 1 aliphatic heterocycles. The maximum absolute atomic E-state index is 13.3. The fourth-order valence-corrected chi connectivity index (χ4v) is 6.97. The minimum absolute atomic E-state index is 0.0139. The van der Waals surface area contributed by atoms with E-state index in [-0.39, 0.29) is 30.2 Å². The van der Waals surface area contributed by atoms with Gasteiger partial charge in [0.15, 0.2) is 15.6 Å². The Morgan fingerprint density at radius 3 is 2.72 bits per heavy atom. The van der Waals surface area contributed by atoms with Crippen molar-refractivity contribution in [3.8, 4) is 0 Å². The second-order valence-electron chi connectivity index (χ2n) is 8.74. The van der Waals surface area contributed by atoms with Crippen molar-refractivity contribution in [3.05, 3.63) is 24.2 Å². The number of carbonyl (C=O) groups is 2. The Morgan fingerprint density at radius 2 is 2.00 bits per heavy atom. The van der Waals surface area contributed by atoms with Crippen LogP contribution in [0.25, 0.3) is 0 Å². The predicted molar refractivity (Wildman–Crippen MR) is 106 cm³/mol. The van der Waals surface area contributed by atoms with Gasteiger partial charge in [-0.2, -0.15) is 0 Å². The number of sulfone groups is 1. The molecular formula is C21H29NO6S. The first-order valence-corrected chi connectivity index (χ1v) is 12.3. The molecule has 3 unspecified atom stereocenters. The van der Waals surface area contributed by atoms with E-state index in [4.69, 9.17) is 9.15 Å². The molecule has 3 aliphatic rings. The van der Waals surface area contributed by atoms with Crippen molar-refractivity contribution in [1.82, 2.24) is 5.32 Å². The number of ether oxygens (including phenoxy) is 1. The van der Waals surface area contributed by atoms with E-state index in [0.29, 0.717) is 24.8 Å². The highest BCUT2D eigenvalue weighted by atomic mass is 32.2. The zero-order chi connectivity index (χ0) is 20.5. The molecule has 4 rings (SSSR count). The van der Waals surface area contributed by atoms with Crippen LogP contribution in [-0.2, 0) is 29.9 Å². The molecule has 3 fully saturated rings. The number of hydrogen-bond acceptors (Lipinski definition) is 6. The number of hydrogen-bond donors (Lipinski definition) is 1. The Hall–Kier alpha value is -1.67. The molecule has 8 heteroatoms. The van der Waals surface area contributed by atoms with Crippen LogP contribution in [0.15, 0.2) is 23.0 Å². The topological polar surface area (TPSA) is 103 Å². The summed E-state index contributed by atoms with van der Waals surface area (Å²) in [5, 5.41) is 1.70. The maximum atomic E-state index is 13.3. The molecule has 1 aromatic heterocycles. The Morgan fingerprint density at radius 1 is 1.21 bits per heavy atom. The van der Waals surface area contributed by atoms with E-state index in [1.165, 1.54) is 12.5 Å². The molecule has 29 heavy (non-hydrogen) atoms. The van der Waals surface area contributed by atoms with Crippen molar-refractivity contribution in [2.24, 2.45) is 5.92 Å². The van der Waals surface area contributed by atoms with E-state index < -0.39 is 26.5 Å². The molecule has 1 aromatic rings. The van der Waals surface area contributed by atoms with Crippen LogP contribution in [0.1, 0.15) is 63.4 Å². The first-order chi connectivity index (χ1) is 13.9. The Balaban J connectivity index is 1.57. The number of carbonyl (C=O) groups excluding carboxylic acids is 2. The second-order valence-corrected chi connectivity index (χ2v) is 10.9. The van der Waals surface area contributed by atoms with Crippen molar-refractivity contribution < 1.29 is 27.2 Å². The zero-order valence-corrected chi connectivity index (χ0v) is 17.4. The predicted octanol–water partition coefficient (Wildman–Crippen LogP) is 2.54. The molecule has 0 bridgehead atoms. The highest BCUT2D eigenvalue weighted by molar-refractivity contribution is 7.92. The number of fused-ring (bicyclic) bond motifs is 1. The summed E-state index contributed by atoms with van der Waals surface area (Å²) in [5.41, 5.74) is -0.517. The van der Waals surface area contributed by atoms with Gasteiger partial charge in [-0.3, -0.25) is 9.59 Å². The van der Waals surface area contributed by atoms with Crippen LogP contribution in [0.4, 0.5) is 0 Å². The largest absolute Gasteiger partial charge is 0.472 e. The van der Waals surface area contributed by atoms with Gasteiger partial charge in [-0.05, 0) is 37.7 Å². The third-order valence-corrected chi connectivity index (χ3v) is 8.80. The lowest BCUT2D eigenvalue weighted by Gasteiger charge is -2.31. The summed E-state index contributed by atoms with van der Waals surface area (Å²) in [5.74, 6) is -0.720. The molecule has 0 spiro atoms. The average Bonchev–Trinajstić information content (AvgIpc) is 3.40. The molecule has 7 nitrogen and oxygen atoms in total. The van der Waals surface area contributed by atoms with Gasteiger partial charge < -0.3 is 14.5 Å². The fraction of sp³-hybridized carbons (Fsp3) is 0.714. The number of amides is 1. The maximum Gasteiger partial charge on any atom is 0.239 e. The monoisotopic (exact) mass is 423 g/mol. The Labute approximate surface area is 171 Å². The highest BCUT2D eigenvalue weighted by Crippen LogP contribution is 2.38. The summed E-state index contributed by atoms with van der Waals surface area (Å²) < 4.78 is 37.0. The van der Waals surface area contributed by atoms with Crippen molar-refractivity contribution >= 4 is 21.5 Å². The van der Waals surface area contributed by atoms with Gasteiger partial charge in [0.2, 0.25) is 5.91 Å². The number of furan rings is 1. The van der Waals surface area contributed by atoms with Crippen molar-refractivity contribution in [1.29, 1.82) is 0 Å². The lowest BCUT2D eigenvalue weighted by Crippen LogP contribution is -2.59. The van der Waals surface area contributed by atoms with E-state index in [1.54, 1.807) is 6.07 Å². The van der Waals surface area contributed by atoms with E-state index in [2.05, 4.69) is 5.32 Å². The van der Waals surface area contributed by atoms with Crippen LogP contribution in [0, 0.1) is 5.92 Å². The van der Waals surface area contributed by atoms with Gasteiger partial charge in [0.25, 0.3) is 0 Å². The van der Waals surface area contributed by atoms with Crippen LogP contribution in [0.2, 0.25) is 0 Å². The van der Waals surface area contributed by atoms with Crippen LogP contribution < -0.4 is 5.32 Å². The van der Waals surface area contributed by atoms with Gasteiger partial charge in [-0.1, -0.05) is 32.1 Å². The lowest BCUT2D eigenvalue weighted by atomic mass is 9.85. The van der Waals surface area contributed by atoms with Crippen LogP contribution >= 0.6 is 0 Å². The number of nitrogens with one attached hydrogen (secondary N) is 1. The fourth-order valence-electron chi connectivity index (χ4n) is 5.19. The number of rotatable bonds is 7. The SMILES string of the molecule is O=C(NC12CCCC1OCC2=O)C(CC1CCCCC1)S(=O)(=O)Cc1ccoc1. The van der Waals surface area contributed by atoms with Gasteiger partial charge in [0.1, 0.15) is 17.4 Å². The first kappa shape index (κ1) is 20.6. The molecule has 1 amide bonds. The average molecular weight is 424 g/mol. The van der Waals surface area contributed by atoms with Gasteiger partial charge in [-0.25, -0.2) is 8.42 Å². The standard InChI is InChI=1S/C21H29NO6S/c23-18-13-28-19-7-4-9-21(18,19)22-20(24)17(11-15-5-2-1-3-6-15)29(25,26)14-16-8-10-27-12-16/h8,10,12,15,17,19H,1-7,9,11,13-14H2,(H,22,24). The summed E-state index contributed by atoms with van der Waals surface area (Å²) in [6.45, 7) is -0.0139. The van der Waals surface area contributed by atoms with Crippen molar-refractivity contribution in [3.63, 3.8) is 0 Å². The van der Waals surface area contributed by atoms with Crippen LogP contribution in [-0.4, -0.2) is 43.6 Å². The van der Waals surface area contributed by atoms with Gasteiger partial charge in [0.05, 0.1) is 24.4 Å². The number of ketones is 1. The minimum atomic E-state index is -3.76. The normalized spacial score (nSPS) is 29.0. The molecular weight excluding hydrogens is 394 g/mol. The summed E-state index contributed by atoms with van der Waals surface area (Å²) in [6.07, 6.45) is 9.98. The van der Waals surface area contributed by atoms with Crippen molar-refractivity contribution in [2.45, 2.75) is 80.4 Å². The summed E-state index contributed by atoms with van der Waals surface area (Å²) in [7, 11) is -3.76. The van der Waals surface area contributed by atoms with Gasteiger partial charge in [-0.15, -0.1) is 0 Å². The first-order valence-electron chi connectivity index (χ1n) is 10.6. The molecule has 2 heterocycles. The third kappa shape index (κ3) is 4.14. The van der Waals surface area contributed by atoms with Gasteiger partial charge >= 0.3 is 0 Å². The van der Waals surface area contributed by atoms with Gasteiger partial charge in [0, 0.05) is 5.56 Å². The Kier molecular flexibility index (Phi) is 5.84. The van der Waals surface area contributed by atoms with E-state index in [0.717, 1.165) is 38.5 Å². The molecule has 2 aliphatic carbocycles. The molecule has 0 aromatic carbocycles. The van der Waals surface area contributed by atoms with Crippen molar-refractivity contribution in [2.75, 3.05) is 6.61 Å². The number of Topliss-reactive ketones (excluding diaryl/α,β-unsaturated/α-hetero) is 1. The quantitative estimate of drug-likeness (QED) is 0.723. The third-order valence-electron chi connectivity index (χ3n) is 6.79. The molecule has 160 valence electrons. The second kappa shape index (κ2) is 8.22. The molecule has 3 atom stereocenters. The van der Waals surface area contributed by atoms with Crippen LogP contribution in [0.3, 0.4) is 0 Å². The molecule has 2 saturated carbocycles. The molecule has 0 radical (unpaired) electrons. The van der Waals surface area contributed by atoms with E-state index in [1.807, 2.05) is 0 Å². The smallest absolute Gasteiger partial charge is 0.239 e.